The lowest BCUT2D eigenvalue weighted by Gasteiger charge is -2.09. The molecule has 0 aliphatic heterocycles. The maximum Gasteiger partial charge on any atom is 0.257 e. The number of anilines is 1. The summed E-state index contributed by atoms with van der Waals surface area (Å²) in [5, 5.41) is 3.21. The fourth-order valence-electron chi connectivity index (χ4n) is 2.71. The third-order valence-corrected chi connectivity index (χ3v) is 4.48. The molecule has 7 nitrogen and oxygen atoms in total. The molecule has 0 saturated heterocycles. The van der Waals surface area contributed by atoms with Crippen molar-refractivity contribution < 1.29 is 9.53 Å². The van der Waals surface area contributed by atoms with Gasteiger partial charge in [-0.3, -0.25) is 9.36 Å². The van der Waals surface area contributed by atoms with Crippen LogP contribution in [0.4, 0.5) is 5.69 Å². The van der Waals surface area contributed by atoms with Crippen molar-refractivity contribution in [3.63, 3.8) is 0 Å². The predicted molar refractivity (Wildman–Crippen MR) is 110 cm³/mol. The molecule has 0 bridgehead atoms. The highest BCUT2D eigenvalue weighted by molar-refractivity contribution is 6.34. The summed E-state index contributed by atoms with van der Waals surface area (Å²) in [5.74, 6) is 2.17. The van der Waals surface area contributed by atoms with Crippen molar-refractivity contribution in [2.24, 2.45) is 0 Å². The first-order valence-electron chi connectivity index (χ1n) is 8.76. The molecule has 0 atom stereocenters. The van der Waals surface area contributed by atoms with Gasteiger partial charge in [-0.1, -0.05) is 23.7 Å². The second-order valence-electron chi connectivity index (χ2n) is 6.12. The van der Waals surface area contributed by atoms with Gasteiger partial charge < -0.3 is 10.1 Å². The number of carbonyl (C=O) groups excluding carboxylic acids is 1. The maximum absolute atomic E-state index is 12.3. The number of hydrogen-bond acceptors (Lipinski definition) is 5. The highest BCUT2D eigenvalue weighted by atomic mass is 35.5. The summed E-state index contributed by atoms with van der Waals surface area (Å²) in [7, 11) is 0. The first-order valence-corrected chi connectivity index (χ1v) is 9.14. The van der Waals surface area contributed by atoms with E-state index in [1.807, 2.05) is 17.7 Å². The summed E-state index contributed by atoms with van der Waals surface area (Å²) < 4.78 is 7.64. The summed E-state index contributed by atoms with van der Waals surface area (Å²) in [5.41, 5.74) is 1.04. The zero-order chi connectivity index (χ0) is 20.2. The minimum Gasteiger partial charge on any atom is -0.439 e. The molecule has 0 unspecified atom stereocenters. The number of nitrogens with zero attached hydrogens (tertiary/aromatic N) is 4. The quantitative estimate of drug-likeness (QED) is 0.521. The minimum absolute atomic E-state index is 0.277. The number of aromatic nitrogens is 4. The van der Waals surface area contributed by atoms with E-state index in [-0.39, 0.29) is 5.91 Å². The van der Waals surface area contributed by atoms with Crippen molar-refractivity contribution in [2.75, 3.05) is 5.32 Å². The van der Waals surface area contributed by atoms with Gasteiger partial charge in [-0.15, -0.1) is 0 Å². The van der Waals surface area contributed by atoms with Gasteiger partial charge >= 0.3 is 0 Å². The fourth-order valence-corrected chi connectivity index (χ4v) is 2.93. The van der Waals surface area contributed by atoms with E-state index in [4.69, 9.17) is 16.3 Å². The first-order chi connectivity index (χ1) is 14.1. The van der Waals surface area contributed by atoms with Crippen LogP contribution in [0.15, 0.2) is 73.3 Å². The molecular weight excluding hydrogens is 390 g/mol. The van der Waals surface area contributed by atoms with Crippen LogP contribution in [-0.4, -0.2) is 25.4 Å². The van der Waals surface area contributed by atoms with E-state index in [0.717, 1.165) is 5.82 Å². The molecule has 4 rings (SSSR count). The third kappa shape index (κ3) is 4.25. The Morgan fingerprint density at radius 1 is 1.07 bits per heavy atom. The van der Waals surface area contributed by atoms with Gasteiger partial charge in [0.25, 0.3) is 5.91 Å². The highest BCUT2D eigenvalue weighted by Gasteiger charge is 2.10. The number of imidazole rings is 1. The maximum atomic E-state index is 12.3. The molecule has 0 aliphatic rings. The second kappa shape index (κ2) is 8.12. The number of benzene rings is 2. The monoisotopic (exact) mass is 405 g/mol. The number of amides is 1. The van der Waals surface area contributed by atoms with E-state index in [2.05, 4.69) is 20.3 Å². The van der Waals surface area contributed by atoms with Gasteiger partial charge in [0.15, 0.2) is 0 Å². The van der Waals surface area contributed by atoms with E-state index < -0.39 is 0 Å². The van der Waals surface area contributed by atoms with Gasteiger partial charge in [0.1, 0.15) is 23.7 Å². The highest BCUT2D eigenvalue weighted by Crippen LogP contribution is 2.23. The molecule has 4 aromatic rings. The number of halogens is 1. The number of carbonyl (C=O) groups is 1. The van der Waals surface area contributed by atoms with Gasteiger partial charge in [0, 0.05) is 24.1 Å². The molecule has 144 valence electrons. The summed E-state index contributed by atoms with van der Waals surface area (Å²) in [4.78, 5) is 24.9. The SMILES string of the molecule is Cc1nccn1-c1cc(Oc2ccc(NC(=O)c3ccccc3Cl)cc2)ncn1. The Balaban J connectivity index is 1.46. The zero-order valence-electron chi connectivity index (χ0n) is 15.4. The predicted octanol–water partition coefficient (Wildman–Crippen LogP) is 4.67. The van der Waals surface area contributed by atoms with Gasteiger partial charge in [-0.2, -0.15) is 0 Å². The van der Waals surface area contributed by atoms with Crippen molar-refractivity contribution >= 4 is 23.2 Å². The molecular formula is C21H16ClN5O2. The molecule has 0 saturated carbocycles. The number of rotatable bonds is 5. The van der Waals surface area contributed by atoms with E-state index in [0.29, 0.717) is 33.7 Å². The van der Waals surface area contributed by atoms with Crippen LogP contribution in [0.25, 0.3) is 5.82 Å². The largest absolute Gasteiger partial charge is 0.439 e. The van der Waals surface area contributed by atoms with Crippen molar-refractivity contribution in [3.05, 3.63) is 89.7 Å². The van der Waals surface area contributed by atoms with Crippen LogP contribution in [0, 0.1) is 6.92 Å². The van der Waals surface area contributed by atoms with Gasteiger partial charge in [-0.05, 0) is 43.3 Å². The van der Waals surface area contributed by atoms with E-state index in [9.17, 15) is 4.79 Å². The average Bonchev–Trinajstić information content (AvgIpc) is 3.16. The van der Waals surface area contributed by atoms with Crippen LogP contribution in [-0.2, 0) is 0 Å². The molecule has 2 aromatic carbocycles. The molecule has 1 amide bonds. The van der Waals surface area contributed by atoms with Crippen LogP contribution < -0.4 is 10.1 Å². The van der Waals surface area contributed by atoms with Crippen LogP contribution in [0.5, 0.6) is 11.6 Å². The van der Waals surface area contributed by atoms with Gasteiger partial charge in [0.05, 0.1) is 10.6 Å². The first kappa shape index (κ1) is 18.6. The molecule has 0 spiro atoms. The number of aryl methyl sites for hydroxylation is 1. The lowest BCUT2D eigenvalue weighted by molar-refractivity contribution is 0.102. The molecule has 2 aromatic heterocycles. The van der Waals surface area contributed by atoms with E-state index in [1.54, 1.807) is 60.8 Å². The minimum atomic E-state index is -0.277. The van der Waals surface area contributed by atoms with Crippen molar-refractivity contribution in [2.45, 2.75) is 6.92 Å². The fraction of sp³-hybridized carbons (Fsp3) is 0.0476. The van der Waals surface area contributed by atoms with Crippen LogP contribution >= 0.6 is 11.6 Å². The smallest absolute Gasteiger partial charge is 0.257 e. The van der Waals surface area contributed by atoms with Crippen molar-refractivity contribution in [1.29, 1.82) is 0 Å². The van der Waals surface area contributed by atoms with E-state index in [1.165, 1.54) is 6.33 Å². The average molecular weight is 406 g/mol. The molecule has 0 radical (unpaired) electrons. The van der Waals surface area contributed by atoms with Crippen LogP contribution in [0.2, 0.25) is 5.02 Å². The third-order valence-electron chi connectivity index (χ3n) is 4.15. The van der Waals surface area contributed by atoms with Crippen LogP contribution in [0.1, 0.15) is 16.2 Å². The Kier molecular flexibility index (Phi) is 5.22. The molecule has 0 aliphatic carbocycles. The van der Waals surface area contributed by atoms with Gasteiger partial charge in [0.2, 0.25) is 5.88 Å². The topological polar surface area (TPSA) is 81.9 Å². The zero-order valence-corrected chi connectivity index (χ0v) is 16.2. The lowest BCUT2D eigenvalue weighted by atomic mass is 10.2. The molecule has 8 heteroatoms. The van der Waals surface area contributed by atoms with Crippen molar-refractivity contribution in [3.8, 4) is 17.4 Å². The number of nitrogens with one attached hydrogen (secondary N) is 1. The molecule has 29 heavy (non-hydrogen) atoms. The standard InChI is InChI=1S/C21H16ClN5O2/c1-14-23-10-11-27(14)19-12-20(25-13-24-19)29-16-8-6-15(7-9-16)26-21(28)17-4-2-3-5-18(17)22/h2-13H,1H3,(H,26,28). The summed E-state index contributed by atoms with van der Waals surface area (Å²) >= 11 is 6.06. The Morgan fingerprint density at radius 3 is 2.59 bits per heavy atom. The molecule has 0 fully saturated rings. The summed E-state index contributed by atoms with van der Waals surface area (Å²) in [6.45, 7) is 1.89. The molecule has 2 heterocycles. The van der Waals surface area contributed by atoms with E-state index >= 15 is 0 Å². The lowest BCUT2D eigenvalue weighted by Crippen LogP contribution is -2.12. The second-order valence-corrected chi connectivity index (χ2v) is 6.53. The Hall–Kier alpha value is -3.71. The van der Waals surface area contributed by atoms with Crippen molar-refractivity contribution in [1.82, 2.24) is 19.5 Å². The normalized spacial score (nSPS) is 10.6. The molecule has 1 N–H and O–H groups in total. The summed E-state index contributed by atoms with van der Waals surface area (Å²) in [6.07, 6.45) is 4.95. The van der Waals surface area contributed by atoms with Crippen LogP contribution in [0.3, 0.4) is 0 Å². The number of ether oxygens (including phenoxy) is 1. The Bertz CT molecular complexity index is 1160. The number of hydrogen-bond donors (Lipinski definition) is 1. The summed E-state index contributed by atoms with van der Waals surface area (Å²) in [6, 6.07) is 15.6. The van der Waals surface area contributed by atoms with Gasteiger partial charge in [-0.25, -0.2) is 15.0 Å². The Morgan fingerprint density at radius 2 is 1.86 bits per heavy atom. The Labute approximate surface area is 172 Å².